The Balaban J connectivity index is 2.24. The van der Waals surface area contributed by atoms with Crippen LogP contribution in [0.15, 0.2) is 24.3 Å². The zero-order valence-electron chi connectivity index (χ0n) is 10.8. The third kappa shape index (κ3) is 7.00. The highest BCUT2D eigenvalue weighted by atomic mass is 127. The second-order valence-electron chi connectivity index (χ2n) is 4.02. The van der Waals surface area contributed by atoms with Gasteiger partial charge in [0.1, 0.15) is 0 Å². The molecule has 0 aliphatic rings. The first kappa shape index (κ1) is 15.7. The topological polar surface area (TPSA) is 70.2 Å². The van der Waals surface area contributed by atoms with Gasteiger partial charge in [0.15, 0.2) is 0 Å². The lowest BCUT2D eigenvalue weighted by atomic mass is 10.3. The van der Waals surface area contributed by atoms with E-state index in [1.165, 1.54) is 0 Å². The first-order valence-corrected chi connectivity index (χ1v) is 7.27. The molecule has 19 heavy (non-hydrogen) atoms. The maximum absolute atomic E-state index is 11.5. The van der Waals surface area contributed by atoms with E-state index in [0.29, 0.717) is 6.54 Å². The van der Waals surface area contributed by atoms with Gasteiger partial charge in [-0.3, -0.25) is 10.1 Å². The Bertz CT molecular complexity index is 420. The van der Waals surface area contributed by atoms with Gasteiger partial charge in [0.05, 0.1) is 6.54 Å². The van der Waals surface area contributed by atoms with E-state index in [1.807, 2.05) is 31.2 Å². The Labute approximate surface area is 126 Å². The van der Waals surface area contributed by atoms with E-state index in [2.05, 4.69) is 38.5 Å². The summed E-state index contributed by atoms with van der Waals surface area (Å²) >= 11 is 2.21. The van der Waals surface area contributed by atoms with Gasteiger partial charge in [-0.25, -0.2) is 4.79 Å². The molecule has 6 heteroatoms. The van der Waals surface area contributed by atoms with Gasteiger partial charge in [-0.15, -0.1) is 0 Å². The molecule has 5 nitrogen and oxygen atoms in total. The number of halogens is 1. The summed E-state index contributed by atoms with van der Waals surface area (Å²) in [7, 11) is 0. The number of carbonyl (C=O) groups excluding carboxylic acids is 2. The first-order valence-electron chi connectivity index (χ1n) is 6.19. The lowest BCUT2D eigenvalue weighted by Gasteiger charge is -2.08. The number of nitrogens with one attached hydrogen (secondary N) is 3. The van der Waals surface area contributed by atoms with E-state index in [4.69, 9.17) is 0 Å². The summed E-state index contributed by atoms with van der Waals surface area (Å²) in [5, 5.41) is 7.84. The molecule has 1 aromatic rings. The van der Waals surface area contributed by atoms with Crippen LogP contribution in [0.3, 0.4) is 0 Å². The predicted octanol–water partition coefficient (Wildman–Crippen LogP) is 2.33. The van der Waals surface area contributed by atoms with Crippen LogP contribution in [0, 0.1) is 3.57 Å². The van der Waals surface area contributed by atoms with E-state index in [1.54, 1.807) is 0 Å². The van der Waals surface area contributed by atoms with Crippen molar-refractivity contribution >= 4 is 40.2 Å². The van der Waals surface area contributed by atoms with Crippen LogP contribution in [0.5, 0.6) is 0 Å². The summed E-state index contributed by atoms with van der Waals surface area (Å²) in [6.45, 7) is 2.69. The molecule has 0 spiro atoms. The number of urea groups is 1. The Morgan fingerprint density at radius 3 is 2.53 bits per heavy atom. The zero-order valence-corrected chi connectivity index (χ0v) is 13.0. The molecule has 3 amide bonds. The fraction of sp³-hybridized carbons (Fsp3) is 0.385. The highest BCUT2D eigenvalue weighted by Gasteiger charge is 2.06. The molecule has 0 unspecified atom stereocenters. The molecule has 0 radical (unpaired) electrons. The fourth-order valence-electron chi connectivity index (χ4n) is 1.34. The molecule has 1 aromatic carbocycles. The SMILES string of the molecule is CCCCNC(=O)NC(=O)CNc1ccc(I)cc1. The van der Waals surface area contributed by atoms with Crippen LogP contribution in [-0.4, -0.2) is 25.0 Å². The van der Waals surface area contributed by atoms with Gasteiger partial charge in [0, 0.05) is 15.8 Å². The van der Waals surface area contributed by atoms with Crippen LogP contribution in [-0.2, 0) is 4.79 Å². The Morgan fingerprint density at radius 2 is 1.89 bits per heavy atom. The minimum absolute atomic E-state index is 0.0712. The number of amides is 3. The molecule has 0 aromatic heterocycles. The third-order valence-corrected chi connectivity index (χ3v) is 3.09. The number of anilines is 1. The maximum Gasteiger partial charge on any atom is 0.321 e. The van der Waals surface area contributed by atoms with E-state index in [-0.39, 0.29) is 12.5 Å². The highest BCUT2D eigenvalue weighted by Crippen LogP contribution is 2.10. The van der Waals surface area contributed by atoms with Crippen molar-refractivity contribution in [1.82, 2.24) is 10.6 Å². The predicted molar refractivity (Wildman–Crippen MR) is 84.1 cm³/mol. The average Bonchev–Trinajstić information content (AvgIpc) is 2.38. The monoisotopic (exact) mass is 375 g/mol. The number of carbonyl (C=O) groups is 2. The van der Waals surface area contributed by atoms with Crippen LogP contribution in [0.1, 0.15) is 19.8 Å². The van der Waals surface area contributed by atoms with E-state index in [0.717, 1.165) is 22.1 Å². The summed E-state index contributed by atoms with van der Waals surface area (Å²) in [6.07, 6.45) is 1.91. The minimum Gasteiger partial charge on any atom is -0.376 e. The molecule has 0 fully saturated rings. The van der Waals surface area contributed by atoms with Crippen molar-refractivity contribution in [2.45, 2.75) is 19.8 Å². The Kier molecular flexibility index (Phi) is 7.24. The van der Waals surface area contributed by atoms with Gasteiger partial charge in [-0.1, -0.05) is 13.3 Å². The second kappa shape index (κ2) is 8.73. The van der Waals surface area contributed by atoms with Gasteiger partial charge in [0.2, 0.25) is 5.91 Å². The summed E-state index contributed by atoms with van der Waals surface area (Å²) in [5.74, 6) is -0.354. The van der Waals surface area contributed by atoms with Crippen molar-refractivity contribution < 1.29 is 9.59 Å². The van der Waals surface area contributed by atoms with Crippen LogP contribution >= 0.6 is 22.6 Å². The molecule has 0 aliphatic heterocycles. The quantitative estimate of drug-likeness (QED) is 0.528. The lowest BCUT2D eigenvalue weighted by Crippen LogP contribution is -2.42. The van der Waals surface area contributed by atoms with E-state index >= 15 is 0 Å². The number of hydrogen-bond donors (Lipinski definition) is 3. The van der Waals surface area contributed by atoms with Gasteiger partial charge in [-0.2, -0.15) is 0 Å². The van der Waals surface area contributed by atoms with Crippen molar-refractivity contribution in [3.8, 4) is 0 Å². The van der Waals surface area contributed by atoms with E-state index in [9.17, 15) is 9.59 Å². The standard InChI is InChI=1S/C13H18IN3O2/c1-2-3-8-15-13(19)17-12(18)9-16-11-6-4-10(14)5-7-11/h4-7,16H,2-3,8-9H2,1H3,(H2,15,17,18,19). The summed E-state index contributed by atoms with van der Waals surface area (Å²) in [4.78, 5) is 22.8. The van der Waals surface area contributed by atoms with E-state index < -0.39 is 6.03 Å². The molecular formula is C13H18IN3O2. The van der Waals surface area contributed by atoms with Gasteiger partial charge >= 0.3 is 6.03 Å². The molecule has 0 heterocycles. The molecule has 1 rings (SSSR count). The van der Waals surface area contributed by atoms with Crippen molar-refractivity contribution in [1.29, 1.82) is 0 Å². The molecule has 0 atom stereocenters. The average molecular weight is 375 g/mol. The van der Waals surface area contributed by atoms with Crippen molar-refractivity contribution in [2.24, 2.45) is 0 Å². The fourth-order valence-corrected chi connectivity index (χ4v) is 1.70. The normalized spacial score (nSPS) is 9.79. The van der Waals surface area contributed by atoms with Crippen molar-refractivity contribution in [3.05, 3.63) is 27.8 Å². The first-order chi connectivity index (χ1) is 9.11. The lowest BCUT2D eigenvalue weighted by molar-refractivity contribution is -0.118. The van der Waals surface area contributed by atoms with Gasteiger partial charge in [0.25, 0.3) is 0 Å². The third-order valence-electron chi connectivity index (χ3n) is 2.37. The van der Waals surface area contributed by atoms with Crippen LogP contribution in [0.4, 0.5) is 10.5 Å². The van der Waals surface area contributed by atoms with Crippen molar-refractivity contribution in [3.63, 3.8) is 0 Å². The van der Waals surface area contributed by atoms with Gasteiger partial charge < -0.3 is 10.6 Å². The Hall–Kier alpha value is -1.31. The van der Waals surface area contributed by atoms with Gasteiger partial charge in [-0.05, 0) is 53.3 Å². The summed E-state index contributed by atoms with van der Waals surface area (Å²) in [5.41, 5.74) is 0.849. The van der Waals surface area contributed by atoms with Crippen LogP contribution in [0.2, 0.25) is 0 Å². The minimum atomic E-state index is -0.442. The van der Waals surface area contributed by atoms with Crippen LogP contribution < -0.4 is 16.0 Å². The number of rotatable bonds is 6. The molecule has 3 N–H and O–H groups in total. The molecule has 0 aliphatic carbocycles. The molecule has 0 saturated heterocycles. The van der Waals surface area contributed by atoms with Crippen LogP contribution in [0.25, 0.3) is 0 Å². The molecule has 0 bridgehead atoms. The second-order valence-corrected chi connectivity index (χ2v) is 5.26. The number of hydrogen-bond acceptors (Lipinski definition) is 3. The Morgan fingerprint density at radius 1 is 1.21 bits per heavy atom. The molecular weight excluding hydrogens is 357 g/mol. The molecule has 0 saturated carbocycles. The summed E-state index contributed by atoms with van der Waals surface area (Å²) < 4.78 is 1.13. The maximum atomic E-state index is 11.5. The molecule has 104 valence electrons. The number of imide groups is 1. The highest BCUT2D eigenvalue weighted by molar-refractivity contribution is 14.1. The smallest absolute Gasteiger partial charge is 0.321 e. The number of benzene rings is 1. The zero-order chi connectivity index (χ0) is 14.1. The van der Waals surface area contributed by atoms with Crippen molar-refractivity contribution in [2.75, 3.05) is 18.4 Å². The number of unbranched alkanes of at least 4 members (excludes halogenated alkanes) is 1. The summed E-state index contributed by atoms with van der Waals surface area (Å²) in [6, 6.07) is 7.21. The largest absolute Gasteiger partial charge is 0.376 e.